The molecule has 0 saturated carbocycles. The second-order valence-corrected chi connectivity index (χ2v) is 5.43. The van der Waals surface area contributed by atoms with E-state index >= 15 is 0 Å². The van der Waals surface area contributed by atoms with Crippen LogP contribution in [0.15, 0.2) is 12.1 Å². The maximum atomic E-state index is 12.1. The summed E-state index contributed by atoms with van der Waals surface area (Å²) in [5, 5.41) is 0. The monoisotopic (exact) mass is 242 g/mol. The summed E-state index contributed by atoms with van der Waals surface area (Å²) in [6, 6.07) is 4.03. The third-order valence-electron chi connectivity index (χ3n) is 4.13. The van der Waals surface area contributed by atoms with Crippen LogP contribution in [0.4, 0.5) is 0 Å². The quantitative estimate of drug-likeness (QED) is 0.652. The molecule has 0 atom stereocenters. The van der Waals surface area contributed by atoms with E-state index < -0.39 is 0 Å². The molecule has 0 N–H and O–H groups in total. The Balaban J connectivity index is 2.13. The molecule has 94 valence electrons. The summed E-state index contributed by atoms with van der Waals surface area (Å²) >= 11 is 0. The highest BCUT2D eigenvalue weighted by molar-refractivity contribution is 6.03. The maximum Gasteiger partial charge on any atom is 0.163 e. The van der Waals surface area contributed by atoms with Crippen LogP contribution in [0.3, 0.4) is 0 Å². The smallest absolute Gasteiger partial charge is 0.163 e. The molecule has 0 aromatic heterocycles. The fourth-order valence-electron chi connectivity index (χ4n) is 3.10. The Morgan fingerprint density at radius 1 is 0.611 bits per heavy atom. The zero-order valence-corrected chi connectivity index (χ0v) is 10.6. The van der Waals surface area contributed by atoms with Crippen molar-refractivity contribution in [3.05, 3.63) is 34.4 Å². The summed E-state index contributed by atoms with van der Waals surface area (Å²) in [7, 11) is 0. The summed E-state index contributed by atoms with van der Waals surface area (Å²) in [6.07, 6.45) is 7.39. The lowest BCUT2D eigenvalue weighted by atomic mass is 9.92. The lowest BCUT2D eigenvalue weighted by Crippen LogP contribution is -2.07. The number of hydrogen-bond donors (Lipinski definition) is 0. The first-order valence-corrected chi connectivity index (χ1v) is 6.98. The Hall–Kier alpha value is -1.44. The van der Waals surface area contributed by atoms with E-state index in [4.69, 9.17) is 0 Å². The molecule has 3 rings (SSSR count). The molecule has 18 heavy (non-hydrogen) atoms. The van der Waals surface area contributed by atoms with Gasteiger partial charge in [-0.1, -0.05) is 6.07 Å². The van der Waals surface area contributed by atoms with Crippen molar-refractivity contribution in [2.45, 2.75) is 51.4 Å². The minimum absolute atomic E-state index is 0.224. The largest absolute Gasteiger partial charge is 0.294 e. The molecule has 2 aliphatic rings. The van der Waals surface area contributed by atoms with E-state index in [0.717, 1.165) is 49.7 Å². The van der Waals surface area contributed by atoms with Crippen molar-refractivity contribution in [3.8, 4) is 0 Å². The molecule has 1 aromatic rings. The fraction of sp³-hybridized carbons (Fsp3) is 0.500. The van der Waals surface area contributed by atoms with Crippen molar-refractivity contribution in [3.63, 3.8) is 0 Å². The fourth-order valence-corrected chi connectivity index (χ4v) is 3.10. The van der Waals surface area contributed by atoms with Gasteiger partial charge < -0.3 is 0 Å². The molecule has 0 saturated heterocycles. The van der Waals surface area contributed by atoms with Crippen LogP contribution in [0.5, 0.6) is 0 Å². The Morgan fingerprint density at radius 3 is 1.56 bits per heavy atom. The number of ketones is 2. The lowest BCUT2D eigenvalue weighted by molar-refractivity contribution is 0.0981. The SMILES string of the molecule is O=C1CCCCc2cc3c(cc21)C(=O)CCCC3. The van der Waals surface area contributed by atoms with E-state index in [2.05, 4.69) is 6.07 Å². The van der Waals surface area contributed by atoms with Gasteiger partial charge in [-0.2, -0.15) is 0 Å². The van der Waals surface area contributed by atoms with E-state index in [9.17, 15) is 9.59 Å². The Morgan fingerprint density at radius 2 is 1.06 bits per heavy atom. The van der Waals surface area contributed by atoms with Crippen LogP contribution in [-0.4, -0.2) is 11.6 Å². The van der Waals surface area contributed by atoms with E-state index in [0.29, 0.717) is 12.8 Å². The molecule has 1 aromatic carbocycles. The minimum Gasteiger partial charge on any atom is -0.294 e. The minimum atomic E-state index is 0.224. The van der Waals surface area contributed by atoms with Crippen molar-refractivity contribution in [2.75, 3.05) is 0 Å². The van der Waals surface area contributed by atoms with Gasteiger partial charge in [0.15, 0.2) is 11.6 Å². The molecule has 0 aliphatic heterocycles. The molecule has 0 amide bonds. The summed E-state index contributed by atoms with van der Waals surface area (Å²) in [5.74, 6) is 0.449. The topological polar surface area (TPSA) is 34.1 Å². The molecule has 2 aliphatic carbocycles. The van der Waals surface area contributed by atoms with Gasteiger partial charge in [-0.25, -0.2) is 0 Å². The van der Waals surface area contributed by atoms with E-state index in [-0.39, 0.29) is 11.6 Å². The van der Waals surface area contributed by atoms with Crippen molar-refractivity contribution in [2.24, 2.45) is 0 Å². The number of carbonyl (C=O) groups is 2. The van der Waals surface area contributed by atoms with Crippen molar-refractivity contribution in [1.29, 1.82) is 0 Å². The molecule has 0 bridgehead atoms. The van der Waals surface area contributed by atoms with Gasteiger partial charge in [-0.3, -0.25) is 9.59 Å². The Bertz CT molecular complexity index is 471. The highest BCUT2D eigenvalue weighted by atomic mass is 16.1. The summed E-state index contributed by atoms with van der Waals surface area (Å²) in [4.78, 5) is 24.1. The summed E-state index contributed by atoms with van der Waals surface area (Å²) < 4.78 is 0. The Kier molecular flexibility index (Phi) is 3.02. The third kappa shape index (κ3) is 2.00. The predicted molar refractivity (Wildman–Crippen MR) is 70.2 cm³/mol. The number of hydrogen-bond acceptors (Lipinski definition) is 2. The van der Waals surface area contributed by atoms with Gasteiger partial charge in [-0.15, -0.1) is 0 Å². The average Bonchev–Trinajstić information content (AvgIpc) is 2.65. The molecule has 2 nitrogen and oxygen atoms in total. The molecule has 0 spiro atoms. The van der Waals surface area contributed by atoms with Gasteiger partial charge in [0.05, 0.1) is 0 Å². The van der Waals surface area contributed by atoms with Crippen LogP contribution < -0.4 is 0 Å². The van der Waals surface area contributed by atoms with Crippen LogP contribution in [0, 0.1) is 0 Å². The molecule has 0 radical (unpaired) electrons. The molecule has 0 heterocycles. The number of aryl methyl sites for hydroxylation is 2. The second kappa shape index (κ2) is 4.68. The number of rotatable bonds is 0. The number of benzene rings is 1. The van der Waals surface area contributed by atoms with Gasteiger partial charge in [-0.05, 0) is 55.7 Å². The third-order valence-corrected chi connectivity index (χ3v) is 4.13. The number of Topliss-reactive ketones (excluding diaryl/α,β-unsaturated/α-hetero) is 2. The van der Waals surface area contributed by atoms with E-state index in [1.165, 1.54) is 11.1 Å². The zero-order valence-electron chi connectivity index (χ0n) is 10.6. The molecule has 0 fully saturated rings. The van der Waals surface area contributed by atoms with Gasteiger partial charge in [0.2, 0.25) is 0 Å². The zero-order chi connectivity index (χ0) is 12.5. The highest BCUT2D eigenvalue weighted by Crippen LogP contribution is 2.28. The Labute approximate surface area is 107 Å². The second-order valence-electron chi connectivity index (χ2n) is 5.43. The number of carbonyl (C=O) groups excluding carboxylic acids is 2. The molecular weight excluding hydrogens is 224 g/mol. The molecular formula is C16H18O2. The maximum absolute atomic E-state index is 12.1. The number of fused-ring (bicyclic) bond motifs is 2. The van der Waals surface area contributed by atoms with Gasteiger partial charge in [0.25, 0.3) is 0 Å². The normalized spacial score (nSPS) is 19.8. The average molecular weight is 242 g/mol. The van der Waals surface area contributed by atoms with Crippen LogP contribution >= 0.6 is 0 Å². The van der Waals surface area contributed by atoms with E-state index in [1.54, 1.807) is 0 Å². The highest BCUT2D eigenvalue weighted by Gasteiger charge is 2.22. The summed E-state index contributed by atoms with van der Waals surface area (Å²) in [6.45, 7) is 0. The first kappa shape index (κ1) is 11.6. The molecule has 2 heteroatoms. The predicted octanol–water partition coefficient (Wildman–Crippen LogP) is 3.50. The van der Waals surface area contributed by atoms with Gasteiger partial charge in [0, 0.05) is 24.0 Å². The summed E-state index contributed by atoms with van der Waals surface area (Å²) in [5.41, 5.74) is 3.99. The first-order valence-electron chi connectivity index (χ1n) is 6.98. The van der Waals surface area contributed by atoms with Crippen LogP contribution in [0.2, 0.25) is 0 Å². The van der Waals surface area contributed by atoms with Crippen molar-refractivity contribution >= 4 is 11.6 Å². The molecule has 0 unspecified atom stereocenters. The van der Waals surface area contributed by atoms with Crippen LogP contribution in [-0.2, 0) is 12.8 Å². The van der Waals surface area contributed by atoms with Crippen molar-refractivity contribution in [1.82, 2.24) is 0 Å². The lowest BCUT2D eigenvalue weighted by Gasteiger charge is -2.11. The van der Waals surface area contributed by atoms with E-state index in [1.807, 2.05) is 6.07 Å². The van der Waals surface area contributed by atoms with Crippen molar-refractivity contribution < 1.29 is 9.59 Å². The van der Waals surface area contributed by atoms with Gasteiger partial charge >= 0.3 is 0 Å². The van der Waals surface area contributed by atoms with Crippen LogP contribution in [0.1, 0.15) is 70.4 Å². The first-order chi connectivity index (χ1) is 8.75. The van der Waals surface area contributed by atoms with Gasteiger partial charge in [0.1, 0.15) is 0 Å². The van der Waals surface area contributed by atoms with Crippen LogP contribution in [0.25, 0.3) is 0 Å². The standard InChI is InChI=1S/C16H18O2/c17-15-7-3-1-5-11-9-12-6-2-4-8-16(18)14(12)10-13(11)15/h9-10H,1-8H2.